The van der Waals surface area contributed by atoms with E-state index >= 15 is 0 Å². The number of ether oxygens (including phenoxy) is 2. The Kier molecular flexibility index (Phi) is 4.64. The maximum atomic E-state index is 10.5. The number of anilines is 1. The standard InChI is InChI=1S/C11H12N6O4/c1-20-9-4-7(2-3-8(9)21-6-10(18)19)5-12-13-11-14-16-17-15-11/h2-5H,6H2,1H3,(H,18,19)(H2,13,14,15,16,17). The van der Waals surface area contributed by atoms with Crippen LogP contribution < -0.4 is 14.9 Å². The molecule has 0 aliphatic rings. The van der Waals surface area contributed by atoms with Crippen LogP contribution in [0.25, 0.3) is 0 Å². The number of tetrazole rings is 1. The van der Waals surface area contributed by atoms with Crippen LogP contribution in [0.3, 0.4) is 0 Å². The molecule has 2 rings (SSSR count). The van der Waals surface area contributed by atoms with Gasteiger partial charge >= 0.3 is 5.97 Å². The predicted molar refractivity (Wildman–Crippen MR) is 71.5 cm³/mol. The van der Waals surface area contributed by atoms with Crippen molar-refractivity contribution in [1.29, 1.82) is 0 Å². The monoisotopic (exact) mass is 292 g/mol. The molecular formula is C11H12N6O4. The zero-order valence-corrected chi connectivity index (χ0v) is 11.0. The number of nitrogens with one attached hydrogen (secondary N) is 2. The quantitative estimate of drug-likeness (QED) is 0.483. The van der Waals surface area contributed by atoms with E-state index in [1.54, 1.807) is 18.2 Å². The summed E-state index contributed by atoms with van der Waals surface area (Å²) in [6, 6.07) is 4.94. The fraction of sp³-hybridized carbons (Fsp3) is 0.182. The summed E-state index contributed by atoms with van der Waals surface area (Å²) in [6.45, 7) is -0.441. The summed E-state index contributed by atoms with van der Waals surface area (Å²) in [6.07, 6.45) is 1.51. The van der Waals surface area contributed by atoms with Crippen molar-refractivity contribution in [2.24, 2.45) is 5.10 Å². The van der Waals surface area contributed by atoms with E-state index in [-0.39, 0.29) is 5.95 Å². The van der Waals surface area contributed by atoms with Crippen molar-refractivity contribution in [3.8, 4) is 11.5 Å². The Labute approximate surface area is 118 Å². The fourth-order valence-electron chi connectivity index (χ4n) is 1.40. The van der Waals surface area contributed by atoms with Gasteiger partial charge in [-0.05, 0) is 29.0 Å². The van der Waals surface area contributed by atoms with Crippen LogP contribution in [0.1, 0.15) is 5.56 Å². The van der Waals surface area contributed by atoms with Crippen molar-refractivity contribution in [3.05, 3.63) is 23.8 Å². The molecule has 0 bridgehead atoms. The molecule has 2 aromatic rings. The minimum absolute atomic E-state index is 0.236. The second kappa shape index (κ2) is 6.84. The summed E-state index contributed by atoms with van der Waals surface area (Å²) in [5.41, 5.74) is 3.28. The number of H-pyrrole nitrogens is 1. The predicted octanol–water partition coefficient (Wildman–Crippen LogP) is 0.118. The topological polar surface area (TPSA) is 135 Å². The zero-order valence-electron chi connectivity index (χ0n) is 11.0. The molecule has 0 spiro atoms. The SMILES string of the molecule is COc1cc(C=NNc2nn[nH]n2)ccc1OCC(=O)O. The van der Waals surface area contributed by atoms with Gasteiger partial charge < -0.3 is 14.6 Å². The number of aliphatic carboxylic acids is 1. The summed E-state index contributed by atoms with van der Waals surface area (Å²) in [7, 11) is 1.46. The van der Waals surface area contributed by atoms with E-state index in [0.29, 0.717) is 17.1 Å². The molecule has 0 atom stereocenters. The molecule has 10 heteroatoms. The van der Waals surface area contributed by atoms with Crippen LogP contribution in [-0.4, -0.2) is 51.6 Å². The third-order valence-electron chi connectivity index (χ3n) is 2.26. The van der Waals surface area contributed by atoms with Gasteiger partial charge in [0.2, 0.25) is 0 Å². The summed E-state index contributed by atoms with van der Waals surface area (Å²) >= 11 is 0. The molecule has 0 unspecified atom stereocenters. The second-order valence-corrected chi connectivity index (χ2v) is 3.70. The van der Waals surface area contributed by atoms with Crippen molar-refractivity contribution >= 4 is 18.1 Å². The summed E-state index contributed by atoms with van der Waals surface area (Å²) in [5.74, 6) is -0.0884. The Morgan fingerprint density at radius 3 is 3.05 bits per heavy atom. The van der Waals surface area contributed by atoms with Gasteiger partial charge in [0.15, 0.2) is 18.1 Å². The molecule has 0 aliphatic heterocycles. The Morgan fingerprint density at radius 1 is 1.52 bits per heavy atom. The van der Waals surface area contributed by atoms with Crippen LogP contribution in [0.15, 0.2) is 23.3 Å². The van der Waals surface area contributed by atoms with E-state index in [2.05, 4.69) is 31.2 Å². The Balaban J connectivity index is 2.03. The van der Waals surface area contributed by atoms with Crippen molar-refractivity contribution < 1.29 is 19.4 Å². The summed E-state index contributed by atoms with van der Waals surface area (Å²) < 4.78 is 10.2. The van der Waals surface area contributed by atoms with Crippen LogP contribution in [0.2, 0.25) is 0 Å². The third-order valence-corrected chi connectivity index (χ3v) is 2.26. The van der Waals surface area contributed by atoms with Gasteiger partial charge in [0.25, 0.3) is 5.95 Å². The second-order valence-electron chi connectivity index (χ2n) is 3.70. The van der Waals surface area contributed by atoms with Gasteiger partial charge in [-0.15, -0.1) is 5.10 Å². The molecule has 0 radical (unpaired) electrons. The number of carboxylic acid groups (broad SMARTS) is 1. The van der Waals surface area contributed by atoms with Gasteiger partial charge in [-0.1, -0.05) is 5.10 Å². The lowest BCUT2D eigenvalue weighted by Gasteiger charge is -2.09. The molecular weight excluding hydrogens is 280 g/mol. The first-order valence-corrected chi connectivity index (χ1v) is 5.74. The van der Waals surface area contributed by atoms with Gasteiger partial charge in [-0.3, -0.25) is 0 Å². The lowest BCUT2D eigenvalue weighted by molar-refractivity contribution is -0.139. The molecule has 0 amide bonds. The summed E-state index contributed by atoms with van der Waals surface area (Å²) in [4.78, 5) is 10.5. The molecule has 0 aliphatic carbocycles. The lowest BCUT2D eigenvalue weighted by atomic mass is 10.2. The number of aromatic amines is 1. The third kappa shape index (κ3) is 4.16. The Bertz CT molecular complexity index is 628. The molecule has 10 nitrogen and oxygen atoms in total. The van der Waals surface area contributed by atoms with E-state index in [4.69, 9.17) is 14.6 Å². The molecule has 3 N–H and O–H groups in total. The number of methoxy groups -OCH3 is 1. The molecule has 0 fully saturated rings. The molecule has 1 aromatic carbocycles. The maximum Gasteiger partial charge on any atom is 0.341 e. The van der Waals surface area contributed by atoms with E-state index in [9.17, 15) is 4.79 Å². The Hall–Kier alpha value is -3.17. The maximum absolute atomic E-state index is 10.5. The van der Waals surface area contributed by atoms with E-state index in [1.165, 1.54) is 13.3 Å². The fourth-order valence-corrected chi connectivity index (χ4v) is 1.40. The average molecular weight is 292 g/mol. The van der Waals surface area contributed by atoms with Crippen LogP contribution in [0.4, 0.5) is 5.95 Å². The van der Waals surface area contributed by atoms with Crippen LogP contribution in [0.5, 0.6) is 11.5 Å². The van der Waals surface area contributed by atoms with Crippen LogP contribution in [-0.2, 0) is 4.79 Å². The highest BCUT2D eigenvalue weighted by molar-refractivity contribution is 5.81. The first-order chi connectivity index (χ1) is 10.2. The number of hydrogen-bond acceptors (Lipinski definition) is 8. The van der Waals surface area contributed by atoms with Gasteiger partial charge in [-0.25, -0.2) is 10.2 Å². The number of carbonyl (C=O) groups is 1. The van der Waals surface area contributed by atoms with Crippen molar-refractivity contribution in [1.82, 2.24) is 20.6 Å². The van der Waals surface area contributed by atoms with Gasteiger partial charge in [-0.2, -0.15) is 10.3 Å². The number of nitrogens with zero attached hydrogens (tertiary/aromatic N) is 4. The number of hydrogen-bond donors (Lipinski definition) is 3. The molecule has 0 saturated heterocycles. The van der Waals surface area contributed by atoms with Gasteiger partial charge in [0.1, 0.15) is 0 Å². The van der Waals surface area contributed by atoms with Crippen LogP contribution >= 0.6 is 0 Å². The first-order valence-electron chi connectivity index (χ1n) is 5.74. The van der Waals surface area contributed by atoms with E-state index in [0.717, 1.165) is 0 Å². The number of carboxylic acids is 1. The van der Waals surface area contributed by atoms with Crippen molar-refractivity contribution in [2.75, 3.05) is 19.1 Å². The highest BCUT2D eigenvalue weighted by Crippen LogP contribution is 2.27. The van der Waals surface area contributed by atoms with Crippen molar-refractivity contribution in [2.45, 2.75) is 0 Å². The van der Waals surface area contributed by atoms with Gasteiger partial charge in [0, 0.05) is 0 Å². The van der Waals surface area contributed by atoms with Crippen molar-refractivity contribution in [3.63, 3.8) is 0 Å². The minimum atomic E-state index is -1.06. The smallest absolute Gasteiger partial charge is 0.341 e. The minimum Gasteiger partial charge on any atom is -0.493 e. The average Bonchev–Trinajstić information content (AvgIpc) is 2.98. The highest BCUT2D eigenvalue weighted by Gasteiger charge is 2.07. The number of rotatable bonds is 7. The molecule has 110 valence electrons. The molecule has 1 heterocycles. The largest absolute Gasteiger partial charge is 0.493 e. The number of aromatic nitrogens is 4. The number of benzene rings is 1. The van der Waals surface area contributed by atoms with Crippen LogP contribution in [0, 0.1) is 0 Å². The summed E-state index contributed by atoms with van der Waals surface area (Å²) in [5, 5.41) is 25.5. The zero-order chi connectivity index (χ0) is 15.1. The molecule has 21 heavy (non-hydrogen) atoms. The molecule has 1 aromatic heterocycles. The van der Waals surface area contributed by atoms with Gasteiger partial charge in [0.05, 0.1) is 13.3 Å². The molecule has 0 saturated carbocycles. The Morgan fingerprint density at radius 2 is 2.38 bits per heavy atom. The lowest BCUT2D eigenvalue weighted by Crippen LogP contribution is -2.10. The van der Waals surface area contributed by atoms with E-state index < -0.39 is 12.6 Å². The first kappa shape index (κ1) is 14.2. The normalized spacial score (nSPS) is 10.5. The highest BCUT2D eigenvalue weighted by atomic mass is 16.5. The number of hydrazone groups is 1. The van der Waals surface area contributed by atoms with E-state index in [1.807, 2.05) is 0 Å².